The Hall–Kier alpha value is -1.10. The highest BCUT2D eigenvalue weighted by atomic mass is 16.5. The quantitative estimate of drug-likeness (QED) is 0.757. The average Bonchev–Trinajstić information content (AvgIpc) is 2.37. The van der Waals surface area contributed by atoms with Gasteiger partial charge in [-0.05, 0) is 25.7 Å². The van der Waals surface area contributed by atoms with E-state index in [1.54, 1.807) is 0 Å². The molecule has 18 heavy (non-hydrogen) atoms. The number of carboxylic acids is 1. The fourth-order valence-electron chi connectivity index (χ4n) is 2.31. The maximum atomic E-state index is 11.9. The molecule has 5 nitrogen and oxygen atoms in total. The Bertz CT molecular complexity index is 293. The van der Waals surface area contributed by atoms with Crippen LogP contribution in [0.15, 0.2) is 0 Å². The van der Waals surface area contributed by atoms with Gasteiger partial charge in [-0.1, -0.05) is 13.8 Å². The van der Waals surface area contributed by atoms with Gasteiger partial charge in [-0.25, -0.2) is 0 Å². The number of rotatable bonds is 6. The summed E-state index contributed by atoms with van der Waals surface area (Å²) < 4.78 is 5.22. The number of carboxylic acid groups (broad SMARTS) is 1. The highest BCUT2D eigenvalue weighted by Crippen LogP contribution is 2.31. The summed E-state index contributed by atoms with van der Waals surface area (Å²) in [6.45, 7) is 4.96. The third-order valence-corrected chi connectivity index (χ3v) is 3.89. The maximum Gasteiger partial charge on any atom is 0.310 e. The van der Waals surface area contributed by atoms with Crippen LogP contribution < -0.4 is 5.32 Å². The predicted octanol–water partition coefficient (Wildman–Crippen LogP) is 1.56. The average molecular weight is 257 g/mol. The minimum Gasteiger partial charge on any atom is -0.481 e. The zero-order valence-electron chi connectivity index (χ0n) is 11.2. The van der Waals surface area contributed by atoms with Gasteiger partial charge in [-0.3, -0.25) is 9.59 Å². The Labute approximate surface area is 108 Å². The summed E-state index contributed by atoms with van der Waals surface area (Å²) in [5, 5.41) is 12.2. The first-order valence-electron chi connectivity index (χ1n) is 6.64. The zero-order valence-corrected chi connectivity index (χ0v) is 11.2. The molecule has 0 bridgehead atoms. The summed E-state index contributed by atoms with van der Waals surface area (Å²) >= 11 is 0. The highest BCUT2D eigenvalue weighted by Gasteiger charge is 2.37. The van der Waals surface area contributed by atoms with Crippen molar-refractivity contribution in [2.45, 2.75) is 52.0 Å². The molecule has 0 saturated carbocycles. The van der Waals surface area contributed by atoms with E-state index in [1.807, 2.05) is 13.8 Å². The standard InChI is InChI=1S/C13H23NO4/c1-3-13(4-2,12(16)17)9-11(15)14-10-5-7-18-8-6-10/h10H,3-9H2,1-2H3,(H,14,15)(H,16,17). The maximum absolute atomic E-state index is 11.9. The summed E-state index contributed by atoms with van der Waals surface area (Å²) in [5.74, 6) is -1.04. The molecule has 0 atom stereocenters. The van der Waals surface area contributed by atoms with E-state index in [0.717, 1.165) is 12.8 Å². The van der Waals surface area contributed by atoms with Gasteiger partial charge in [0.15, 0.2) is 0 Å². The highest BCUT2D eigenvalue weighted by molar-refractivity contribution is 5.85. The number of carbonyl (C=O) groups is 2. The van der Waals surface area contributed by atoms with Crippen LogP contribution >= 0.6 is 0 Å². The number of hydrogen-bond acceptors (Lipinski definition) is 3. The summed E-state index contributed by atoms with van der Waals surface area (Å²) in [4.78, 5) is 23.2. The lowest BCUT2D eigenvalue weighted by Crippen LogP contribution is -2.43. The van der Waals surface area contributed by atoms with Gasteiger partial charge in [0.05, 0.1) is 5.41 Å². The summed E-state index contributed by atoms with van der Waals surface area (Å²) in [6, 6.07) is 0.131. The van der Waals surface area contributed by atoms with Crippen molar-refractivity contribution in [2.75, 3.05) is 13.2 Å². The van der Waals surface area contributed by atoms with Crippen LogP contribution in [-0.2, 0) is 14.3 Å². The van der Waals surface area contributed by atoms with Gasteiger partial charge in [-0.15, -0.1) is 0 Å². The van der Waals surface area contributed by atoms with Crippen LogP contribution in [0, 0.1) is 5.41 Å². The minimum atomic E-state index is -0.921. The van der Waals surface area contributed by atoms with Crippen molar-refractivity contribution in [1.82, 2.24) is 5.32 Å². The van der Waals surface area contributed by atoms with E-state index in [1.165, 1.54) is 0 Å². The minimum absolute atomic E-state index is 0.0622. The van der Waals surface area contributed by atoms with Gasteiger partial charge in [-0.2, -0.15) is 0 Å². The summed E-state index contributed by atoms with van der Waals surface area (Å²) in [7, 11) is 0. The largest absolute Gasteiger partial charge is 0.481 e. The molecule has 0 unspecified atom stereocenters. The van der Waals surface area contributed by atoms with E-state index in [4.69, 9.17) is 4.74 Å². The molecule has 1 amide bonds. The van der Waals surface area contributed by atoms with E-state index in [0.29, 0.717) is 26.1 Å². The number of aliphatic carboxylic acids is 1. The molecule has 0 radical (unpaired) electrons. The second-order valence-electron chi connectivity index (χ2n) is 4.92. The van der Waals surface area contributed by atoms with Gasteiger partial charge in [0.1, 0.15) is 0 Å². The van der Waals surface area contributed by atoms with E-state index in [9.17, 15) is 14.7 Å². The lowest BCUT2D eigenvalue weighted by atomic mass is 9.79. The molecule has 0 aliphatic carbocycles. The second kappa shape index (κ2) is 6.73. The zero-order chi connectivity index (χ0) is 13.6. The molecular formula is C13H23NO4. The molecule has 1 aliphatic rings. The van der Waals surface area contributed by atoms with Gasteiger partial charge in [0, 0.05) is 25.7 Å². The third-order valence-electron chi connectivity index (χ3n) is 3.89. The molecule has 2 N–H and O–H groups in total. The Morgan fingerprint density at radius 1 is 1.28 bits per heavy atom. The first-order chi connectivity index (χ1) is 8.54. The first-order valence-corrected chi connectivity index (χ1v) is 6.64. The lowest BCUT2D eigenvalue weighted by Gasteiger charge is -2.28. The van der Waals surface area contributed by atoms with Crippen LogP contribution in [0.5, 0.6) is 0 Å². The molecular weight excluding hydrogens is 234 g/mol. The molecule has 0 aromatic heterocycles. The molecule has 1 rings (SSSR count). The van der Waals surface area contributed by atoms with Crippen molar-refractivity contribution in [2.24, 2.45) is 5.41 Å². The topological polar surface area (TPSA) is 75.6 Å². The van der Waals surface area contributed by atoms with Crippen LogP contribution in [-0.4, -0.2) is 36.2 Å². The first kappa shape index (κ1) is 15.0. The van der Waals surface area contributed by atoms with E-state index >= 15 is 0 Å². The molecule has 0 aromatic rings. The Kier molecular flexibility index (Phi) is 5.59. The summed E-state index contributed by atoms with van der Waals surface area (Å²) in [5.41, 5.74) is -0.921. The van der Waals surface area contributed by atoms with Gasteiger partial charge in [0.25, 0.3) is 0 Å². The van der Waals surface area contributed by atoms with Crippen molar-refractivity contribution in [3.8, 4) is 0 Å². The Morgan fingerprint density at radius 3 is 2.28 bits per heavy atom. The van der Waals surface area contributed by atoms with E-state index in [-0.39, 0.29) is 18.4 Å². The fraction of sp³-hybridized carbons (Fsp3) is 0.846. The molecule has 0 aromatic carbocycles. The van der Waals surface area contributed by atoms with Gasteiger partial charge >= 0.3 is 5.97 Å². The Balaban J connectivity index is 2.53. The number of nitrogens with one attached hydrogen (secondary N) is 1. The van der Waals surface area contributed by atoms with Crippen LogP contribution in [0.1, 0.15) is 46.0 Å². The number of amides is 1. The van der Waals surface area contributed by atoms with Crippen molar-refractivity contribution in [3.05, 3.63) is 0 Å². The van der Waals surface area contributed by atoms with E-state index in [2.05, 4.69) is 5.32 Å². The number of carbonyl (C=O) groups excluding carboxylic acids is 1. The van der Waals surface area contributed by atoms with E-state index < -0.39 is 11.4 Å². The molecule has 5 heteroatoms. The van der Waals surface area contributed by atoms with Crippen molar-refractivity contribution in [3.63, 3.8) is 0 Å². The SMILES string of the molecule is CCC(CC)(CC(=O)NC1CCOCC1)C(=O)O. The molecule has 1 saturated heterocycles. The van der Waals surface area contributed by atoms with Crippen LogP contribution in [0.2, 0.25) is 0 Å². The van der Waals surface area contributed by atoms with Crippen LogP contribution in [0.3, 0.4) is 0 Å². The second-order valence-corrected chi connectivity index (χ2v) is 4.92. The number of hydrogen-bond donors (Lipinski definition) is 2. The third kappa shape index (κ3) is 3.70. The molecule has 0 spiro atoms. The van der Waals surface area contributed by atoms with Gasteiger partial charge in [0.2, 0.25) is 5.91 Å². The van der Waals surface area contributed by atoms with Crippen molar-refractivity contribution >= 4 is 11.9 Å². The summed E-state index contributed by atoms with van der Waals surface area (Å²) in [6.07, 6.45) is 2.63. The molecule has 1 fully saturated rings. The van der Waals surface area contributed by atoms with Gasteiger partial charge < -0.3 is 15.2 Å². The van der Waals surface area contributed by atoms with Crippen LogP contribution in [0.25, 0.3) is 0 Å². The molecule has 1 heterocycles. The molecule has 104 valence electrons. The normalized spacial score (nSPS) is 17.4. The smallest absolute Gasteiger partial charge is 0.310 e. The monoisotopic (exact) mass is 257 g/mol. The Morgan fingerprint density at radius 2 is 1.83 bits per heavy atom. The van der Waals surface area contributed by atoms with Crippen molar-refractivity contribution < 1.29 is 19.4 Å². The lowest BCUT2D eigenvalue weighted by molar-refractivity contribution is -0.152. The molecule has 1 aliphatic heterocycles. The van der Waals surface area contributed by atoms with Crippen LogP contribution in [0.4, 0.5) is 0 Å². The predicted molar refractivity (Wildman–Crippen MR) is 67.3 cm³/mol. The fourth-order valence-corrected chi connectivity index (χ4v) is 2.31. The number of ether oxygens (including phenoxy) is 1. The van der Waals surface area contributed by atoms with Crippen molar-refractivity contribution in [1.29, 1.82) is 0 Å².